The predicted octanol–water partition coefficient (Wildman–Crippen LogP) is 2.56. The number of rotatable bonds is 5. The molecule has 2 amide bonds. The monoisotopic (exact) mass is 331 g/mol. The summed E-state index contributed by atoms with van der Waals surface area (Å²) in [5.41, 5.74) is 1.91. The van der Waals surface area contributed by atoms with Gasteiger partial charge in [-0.05, 0) is 38.3 Å². The Morgan fingerprint density at radius 2 is 1.75 bits per heavy atom. The molecule has 1 saturated heterocycles. The first-order chi connectivity index (χ1) is 11.4. The minimum atomic E-state index is -0.262. The highest BCUT2D eigenvalue weighted by Crippen LogP contribution is 2.15. The highest BCUT2D eigenvalue weighted by atomic mass is 16.2. The summed E-state index contributed by atoms with van der Waals surface area (Å²) in [7, 11) is 0. The Labute approximate surface area is 144 Å². The fraction of sp³-hybridized carbons (Fsp3) is 0.579. The lowest BCUT2D eigenvalue weighted by Gasteiger charge is -2.34. The van der Waals surface area contributed by atoms with Crippen molar-refractivity contribution >= 4 is 17.5 Å². The molecule has 24 heavy (non-hydrogen) atoms. The number of likely N-dealkylation sites (tertiary alicyclic amines) is 1. The summed E-state index contributed by atoms with van der Waals surface area (Å²) in [6.07, 6.45) is 1.78. The number of carbonyl (C=O) groups is 2. The minimum Gasteiger partial charge on any atom is -0.342 e. The topological polar surface area (TPSA) is 61.4 Å². The van der Waals surface area contributed by atoms with E-state index < -0.39 is 0 Å². The number of para-hydroxylation sites is 1. The maximum Gasteiger partial charge on any atom is 0.241 e. The van der Waals surface area contributed by atoms with Crippen molar-refractivity contribution in [3.63, 3.8) is 0 Å². The lowest BCUT2D eigenvalue weighted by molar-refractivity contribution is -0.135. The average Bonchev–Trinajstić information content (AvgIpc) is 2.56. The van der Waals surface area contributed by atoms with Gasteiger partial charge in [0.25, 0.3) is 0 Å². The van der Waals surface area contributed by atoms with Gasteiger partial charge in [-0.1, -0.05) is 32.0 Å². The number of amides is 2. The molecular weight excluding hydrogens is 302 g/mol. The number of anilines is 1. The maximum atomic E-state index is 12.4. The van der Waals surface area contributed by atoms with Gasteiger partial charge in [-0.3, -0.25) is 9.59 Å². The molecule has 1 aromatic rings. The van der Waals surface area contributed by atoms with E-state index in [1.165, 1.54) is 0 Å². The third-order valence-electron chi connectivity index (χ3n) is 4.58. The van der Waals surface area contributed by atoms with Crippen LogP contribution in [-0.2, 0) is 9.59 Å². The van der Waals surface area contributed by atoms with Crippen LogP contribution in [0, 0.1) is 12.8 Å². The Balaban J connectivity index is 1.81. The van der Waals surface area contributed by atoms with Gasteiger partial charge in [-0.2, -0.15) is 0 Å². The quantitative estimate of drug-likeness (QED) is 0.872. The van der Waals surface area contributed by atoms with E-state index in [0.717, 1.165) is 37.2 Å². The molecule has 1 aliphatic rings. The van der Waals surface area contributed by atoms with E-state index in [1.807, 2.05) is 56.9 Å². The Hall–Kier alpha value is -1.88. The molecule has 1 heterocycles. The van der Waals surface area contributed by atoms with Gasteiger partial charge in [0, 0.05) is 30.7 Å². The molecule has 0 aromatic heterocycles. The third kappa shape index (κ3) is 4.81. The average molecular weight is 331 g/mol. The van der Waals surface area contributed by atoms with Crippen LogP contribution in [-0.4, -0.2) is 41.9 Å². The number of hydrogen-bond acceptors (Lipinski definition) is 3. The third-order valence-corrected chi connectivity index (χ3v) is 4.58. The van der Waals surface area contributed by atoms with Crippen molar-refractivity contribution in [1.29, 1.82) is 0 Å². The second-order valence-corrected chi connectivity index (χ2v) is 6.95. The van der Waals surface area contributed by atoms with E-state index in [9.17, 15) is 9.59 Å². The smallest absolute Gasteiger partial charge is 0.241 e. The summed E-state index contributed by atoms with van der Waals surface area (Å²) in [6, 6.07) is 7.78. The molecule has 5 heteroatoms. The van der Waals surface area contributed by atoms with Gasteiger partial charge in [0.2, 0.25) is 11.8 Å². The lowest BCUT2D eigenvalue weighted by Crippen LogP contribution is -2.50. The number of nitrogens with zero attached hydrogens (tertiary/aromatic N) is 1. The zero-order valence-electron chi connectivity index (χ0n) is 15.1. The van der Waals surface area contributed by atoms with Crippen molar-refractivity contribution in [2.45, 2.75) is 52.6 Å². The molecule has 1 aliphatic heterocycles. The van der Waals surface area contributed by atoms with Gasteiger partial charge in [0.1, 0.15) is 0 Å². The van der Waals surface area contributed by atoms with E-state index in [4.69, 9.17) is 0 Å². The van der Waals surface area contributed by atoms with Gasteiger partial charge in [-0.25, -0.2) is 0 Å². The number of carbonyl (C=O) groups excluding carboxylic acids is 2. The predicted molar refractivity (Wildman–Crippen MR) is 96.8 cm³/mol. The number of aryl methyl sites for hydroxylation is 1. The SMILES string of the molecule is Cc1ccccc1NC(=O)C(C)NC1CCN(C(=O)C(C)C)CC1. The first-order valence-corrected chi connectivity index (χ1v) is 8.79. The van der Waals surface area contributed by atoms with Crippen LogP contribution in [0.4, 0.5) is 5.69 Å². The highest BCUT2D eigenvalue weighted by molar-refractivity contribution is 5.95. The molecular formula is C19H29N3O2. The minimum absolute atomic E-state index is 0.0232. The molecule has 1 aromatic carbocycles. The highest BCUT2D eigenvalue weighted by Gasteiger charge is 2.26. The second kappa shape index (κ2) is 8.29. The molecule has 0 aliphatic carbocycles. The summed E-state index contributed by atoms with van der Waals surface area (Å²) in [4.78, 5) is 26.3. The van der Waals surface area contributed by atoms with Crippen LogP contribution in [0.3, 0.4) is 0 Å². The van der Waals surface area contributed by atoms with Crippen molar-refractivity contribution < 1.29 is 9.59 Å². The standard InChI is InChI=1S/C19H29N3O2/c1-13(2)19(24)22-11-9-16(10-12-22)20-15(4)18(23)21-17-8-6-5-7-14(17)3/h5-8,13,15-16,20H,9-12H2,1-4H3,(H,21,23). The van der Waals surface area contributed by atoms with Crippen LogP contribution in [0.25, 0.3) is 0 Å². The molecule has 132 valence electrons. The Kier molecular flexibility index (Phi) is 6.37. The number of benzene rings is 1. The molecule has 2 N–H and O–H groups in total. The number of nitrogens with one attached hydrogen (secondary N) is 2. The fourth-order valence-corrected chi connectivity index (χ4v) is 3.02. The van der Waals surface area contributed by atoms with Gasteiger partial charge in [0.15, 0.2) is 0 Å². The van der Waals surface area contributed by atoms with E-state index in [1.54, 1.807) is 0 Å². The molecule has 1 fully saturated rings. The normalized spacial score (nSPS) is 17.0. The Morgan fingerprint density at radius 3 is 2.33 bits per heavy atom. The van der Waals surface area contributed by atoms with Gasteiger partial charge in [-0.15, -0.1) is 0 Å². The molecule has 2 rings (SSSR count). The van der Waals surface area contributed by atoms with Crippen LogP contribution in [0.1, 0.15) is 39.2 Å². The van der Waals surface area contributed by atoms with Gasteiger partial charge in [0.05, 0.1) is 6.04 Å². The van der Waals surface area contributed by atoms with E-state index in [2.05, 4.69) is 10.6 Å². The Bertz CT molecular complexity index is 578. The molecule has 5 nitrogen and oxygen atoms in total. The molecule has 0 saturated carbocycles. The summed E-state index contributed by atoms with van der Waals surface area (Å²) >= 11 is 0. The van der Waals surface area contributed by atoms with Crippen LogP contribution < -0.4 is 10.6 Å². The molecule has 0 radical (unpaired) electrons. The zero-order valence-corrected chi connectivity index (χ0v) is 15.1. The molecule has 1 unspecified atom stereocenters. The first-order valence-electron chi connectivity index (χ1n) is 8.79. The zero-order chi connectivity index (χ0) is 17.7. The Morgan fingerprint density at radius 1 is 1.12 bits per heavy atom. The molecule has 0 spiro atoms. The van der Waals surface area contributed by atoms with Crippen molar-refractivity contribution in [3.05, 3.63) is 29.8 Å². The van der Waals surface area contributed by atoms with Crippen molar-refractivity contribution in [2.24, 2.45) is 5.92 Å². The maximum absolute atomic E-state index is 12.4. The van der Waals surface area contributed by atoms with Gasteiger partial charge >= 0.3 is 0 Å². The molecule has 1 atom stereocenters. The first kappa shape index (κ1) is 18.5. The summed E-state index contributed by atoms with van der Waals surface area (Å²) in [5, 5.41) is 6.37. The number of hydrogen-bond donors (Lipinski definition) is 2. The summed E-state index contributed by atoms with van der Waals surface area (Å²) in [5.74, 6) is 0.247. The lowest BCUT2D eigenvalue weighted by atomic mass is 10.0. The number of piperidine rings is 1. The molecule has 0 bridgehead atoms. The van der Waals surface area contributed by atoms with Crippen LogP contribution in [0.2, 0.25) is 0 Å². The van der Waals surface area contributed by atoms with Crippen LogP contribution in [0.15, 0.2) is 24.3 Å². The van der Waals surface area contributed by atoms with E-state index in [-0.39, 0.29) is 29.8 Å². The second-order valence-electron chi connectivity index (χ2n) is 6.95. The van der Waals surface area contributed by atoms with Gasteiger partial charge < -0.3 is 15.5 Å². The van der Waals surface area contributed by atoms with Crippen LogP contribution >= 0.6 is 0 Å². The summed E-state index contributed by atoms with van der Waals surface area (Å²) < 4.78 is 0. The van der Waals surface area contributed by atoms with Crippen LogP contribution in [0.5, 0.6) is 0 Å². The van der Waals surface area contributed by atoms with Crippen molar-refractivity contribution in [2.75, 3.05) is 18.4 Å². The largest absolute Gasteiger partial charge is 0.342 e. The summed E-state index contributed by atoms with van der Waals surface area (Å²) in [6.45, 7) is 9.27. The van der Waals surface area contributed by atoms with E-state index in [0.29, 0.717) is 0 Å². The van der Waals surface area contributed by atoms with Crippen molar-refractivity contribution in [1.82, 2.24) is 10.2 Å². The van der Waals surface area contributed by atoms with E-state index >= 15 is 0 Å². The van der Waals surface area contributed by atoms with Crippen molar-refractivity contribution in [3.8, 4) is 0 Å². The fourth-order valence-electron chi connectivity index (χ4n) is 3.02.